The molecule has 0 aliphatic rings. The Morgan fingerprint density at radius 3 is 0.851 bits per heavy atom. The molecule has 9 rings (SSSR count). The second kappa shape index (κ2) is 22.4. The van der Waals surface area contributed by atoms with E-state index in [2.05, 4.69) is 181 Å². The molecule has 0 saturated heterocycles. The lowest BCUT2D eigenvalue weighted by atomic mass is 10.1. The molecular weight excluding hydrogens is 945 g/mol. The lowest BCUT2D eigenvalue weighted by Crippen LogP contribution is -2.09. The summed E-state index contributed by atoms with van der Waals surface area (Å²) in [6.45, 7) is 1.56. The Kier molecular flexibility index (Phi) is 15.3. The number of anilines is 3. The molecule has 10 nitrogen and oxygen atoms in total. The second-order valence-corrected chi connectivity index (χ2v) is 22.2. The van der Waals surface area contributed by atoms with Gasteiger partial charge in [-0.25, -0.2) is 0 Å². The monoisotopic (exact) mass is 986 g/mol. The van der Waals surface area contributed by atoms with Gasteiger partial charge in [0.1, 0.15) is 0 Å². The van der Waals surface area contributed by atoms with Crippen LogP contribution in [-0.4, -0.2) is 19.6 Å². The SMILES string of the molecule is [N-]=[N+]=NCCCc1ccc(-c2ccc(-c3ccc(N(c4ccc(-c5ccc(-c6ccc(CCCN=[N+]=[N-])s6)s5)cc4)c4ccc(-c5ccc(-c6ccc(CCCN=[N+]=[N-])s6)s5)cc4)cc3)s2)s1. The van der Waals surface area contributed by atoms with Crippen molar-refractivity contribution in [2.45, 2.75) is 38.5 Å². The van der Waals surface area contributed by atoms with Crippen LogP contribution in [0.5, 0.6) is 0 Å². The molecule has 6 aromatic heterocycles. The number of azide groups is 3. The van der Waals surface area contributed by atoms with Crippen LogP contribution in [0.3, 0.4) is 0 Å². The van der Waals surface area contributed by atoms with Crippen LogP contribution in [0.15, 0.2) is 161 Å². The Hall–Kier alpha value is -6.41. The molecule has 0 fully saturated rings. The smallest absolute Gasteiger partial charge is 0.0462 e. The first-order chi connectivity index (χ1) is 33.0. The van der Waals surface area contributed by atoms with E-state index in [1.807, 2.05) is 68.0 Å². The molecule has 0 bridgehead atoms. The van der Waals surface area contributed by atoms with E-state index in [1.165, 1.54) is 75.2 Å². The maximum atomic E-state index is 8.60. The highest BCUT2D eigenvalue weighted by molar-refractivity contribution is 7.25. The summed E-state index contributed by atoms with van der Waals surface area (Å²) < 4.78 is 0. The van der Waals surface area contributed by atoms with Crippen molar-refractivity contribution >= 4 is 85.1 Å². The van der Waals surface area contributed by atoms with Crippen molar-refractivity contribution < 1.29 is 0 Å². The van der Waals surface area contributed by atoms with Gasteiger partial charge in [-0.3, -0.25) is 0 Å². The first-order valence-electron chi connectivity index (χ1n) is 21.8. The molecule has 0 amide bonds. The minimum Gasteiger partial charge on any atom is -0.311 e. The molecule has 0 radical (unpaired) electrons. The summed E-state index contributed by atoms with van der Waals surface area (Å²) in [5, 5.41) is 11.0. The molecule has 0 N–H and O–H groups in total. The van der Waals surface area contributed by atoms with Crippen LogP contribution in [0.4, 0.5) is 17.1 Å². The van der Waals surface area contributed by atoms with Gasteiger partial charge in [-0.2, -0.15) is 0 Å². The molecule has 0 saturated carbocycles. The van der Waals surface area contributed by atoms with Crippen LogP contribution >= 0.6 is 68.0 Å². The van der Waals surface area contributed by atoms with Gasteiger partial charge in [-0.1, -0.05) is 51.7 Å². The third-order valence-corrected chi connectivity index (χ3v) is 18.4. The van der Waals surface area contributed by atoms with Gasteiger partial charge in [0.05, 0.1) is 0 Å². The van der Waals surface area contributed by atoms with Gasteiger partial charge in [-0.05, 0) is 181 Å². The molecule has 332 valence electrons. The maximum absolute atomic E-state index is 8.60. The zero-order valence-electron chi connectivity index (χ0n) is 36.1. The second-order valence-electron chi connectivity index (χ2n) is 15.4. The molecular formula is C51H42N10S6. The van der Waals surface area contributed by atoms with E-state index in [0.717, 1.165) is 55.6 Å². The van der Waals surface area contributed by atoms with Crippen LogP contribution in [0, 0.1) is 0 Å². The first-order valence-corrected chi connectivity index (χ1v) is 26.7. The summed E-state index contributed by atoms with van der Waals surface area (Å²) in [5.41, 5.74) is 32.6. The number of aryl methyl sites for hydroxylation is 3. The highest BCUT2D eigenvalue weighted by Gasteiger charge is 2.17. The van der Waals surface area contributed by atoms with Crippen LogP contribution in [-0.2, 0) is 19.3 Å². The Bertz CT molecular complexity index is 2860. The standard InChI is InChI=1S/C51H42N10S6/c52-58-55-31-1-4-40-19-22-46(62-40)49-28-25-43(65-49)34-7-13-37(14-8-34)61(38-15-9-35(10-16-38)44-26-29-50(66-44)47-23-20-41(63-47)5-2-32-56-59-53)39-17-11-36(12-18-39)45-27-30-51(67-45)48-24-21-42(64-48)6-3-33-57-60-54/h7-30H,1-6,31-33H2. The van der Waals surface area contributed by atoms with Crippen molar-refractivity contribution in [1.82, 2.24) is 0 Å². The number of benzene rings is 3. The van der Waals surface area contributed by atoms with Crippen molar-refractivity contribution in [1.29, 1.82) is 0 Å². The molecule has 3 aromatic carbocycles. The lowest BCUT2D eigenvalue weighted by molar-refractivity contribution is 0.837. The summed E-state index contributed by atoms with van der Waals surface area (Å²) in [5.74, 6) is 0. The highest BCUT2D eigenvalue weighted by atomic mass is 32.1. The summed E-state index contributed by atoms with van der Waals surface area (Å²) >= 11 is 10.9. The predicted octanol–water partition coefficient (Wildman–Crippen LogP) is 19.3. The van der Waals surface area contributed by atoms with E-state index in [-0.39, 0.29) is 0 Å². The van der Waals surface area contributed by atoms with E-state index in [1.54, 1.807) is 0 Å². The number of rotatable bonds is 21. The molecule has 0 aliphatic carbocycles. The normalized spacial score (nSPS) is 10.9. The highest BCUT2D eigenvalue weighted by Crippen LogP contribution is 2.44. The van der Waals surface area contributed by atoms with Gasteiger partial charge >= 0.3 is 0 Å². The van der Waals surface area contributed by atoms with Crippen molar-refractivity contribution in [3.63, 3.8) is 0 Å². The summed E-state index contributed by atoms with van der Waals surface area (Å²) in [7, 11) is 0. The van der Waals surface area contributed by atoms with Gasteiger partial charge < -0.3 is 4.90 Å². The van der Waals surface area contributed by atoms with Crippen LogP contribution in [0.25, 0.3) is 91.9 Å². The average Bonchev–Trinajstić information content (AvgIpc) is 4.22. The molecule has 0 spiro atoms. The number of hydrogen-bond donors (Lipinski definition) is 0. The van der Waals surface area contributed by atoms with Gasteiger partial charge in [-0.15, -0.1) is 68.0 Å². The fourth-order valence-electron chi connectivity index (χ4n) is 7.69. The minimum atomic E-state index is 0.521. The maximum Gasteiger partial charge on any atom is 0.0462 e. The Morgan fingerprint density at radius 2 is 0.567 bits per heavy atom. The summed E-state index contributed by atoms with van der Waals surface area (Å²) in [6.07, 6.45) is 5.29. The third kappa shape index (κ3) is 11.4. The Labute approximate surface area is 412 Å². The van der Waals surface area contributed by atoms with E-state index in [0.29, 0.717) is 19.6 Å². The molecule has 0 atom stereocenters. The topological polar surface area (TPSA) is 150 Å². The van der Waals surface area contributed by atoms with E-state index in [9.17, 15) is 0 Å². The number of nitrogens with zero attached hydrogens (tertiary/aromatic N) is 10. The van der Waals surface area contributed by atoms with Gasteiger partial charge in [0.2, 0.25) is 0 Å². The van der Waals surface area contributed by atoms with Crippen LogP contribution in [0.2, 0.25) is 0 Å². The largest absolute Gasteiger partial charge is 0.311 e. The van der Waals surface area contributed by atoms with Crippen molar-refractivity contribution in [3.05, 3.63) is 192 Å². The molecule has 9 aromatic rings. The Balaban J connectivity index is 0.955. The average molecular weight is 987 g/mol. The quantitative estimate of drug-likeness (QED) is 0.0300. The zero-order chi connectivity index (χ0) is 45.8. The van der Waals surface area contributed by atoms with Crippen LogP contribution < -0.4 is 4.90 Å². The van der Waals surface area contributed by atoms with E-state index in [4.69, 9.17) is 16.6 Å². The van der Waals surface area contributed by atoms with Crippen molar-refractivity contribution in [2.75, 3.05) is 24.5 Å². The molecule has 0 unspecified atom stereocenters. The summed E-state index contributed by atoms with van der Waals surface area (Å²) in [4.78, 5) is 26.1. The zero-order valence-corrected chi connectivity index (χ0v) is 41.0. The predicted molar refractivity (Wildman–Crippen MR) is 288 cm³/mol. The van der Waals surface area contributed by atoms with Gasteiger partial charge in [0.15, 0.2) is 0 Å². The summed E-state index contributed by atoms with van der Waals surface area (Å²) in [6, 6.07) is 53.1. The fourth-order valence-corrected chi connectivity index (χ4v) is 14.1. The van der Waals surface area contributed by atoms with Gasteiger partial charge in [0.25, 0.3) is 0 Å². The van der Waals surface area contributed by atoms with E-state index >= 15 is 0 Å². The molecule has 16 heteroatoms. The fraction of sp³-hybridized carbons (Fsp3) is 0.176. The van der Waals surface area contributed by atoms with Gasteiger partial charge in [0, 0.05) is 110 Å². The lowest BCUT2D eigenvalue weighted by Gasteiger charge is -2.26. The Morgan fingerprint density at radius 1 is 0.313 bits per heavy atom. The van der Waals surface area contributed by atoms with Crippen LogP contribution in [0.1, 0.15) is 33.9 Å². The van der Waals surface area contributed by atoms with Crippen molar-refractivity contribution in [2.24, 2.45) is 15.3 Å². The number of thiophene rings is 6. The van der Waals surface area contributed by atoms with Crippen molar-refractivity contribution in [3.8, 4) is 60.6 Å². The molecule has 0 aliphatic heterocycles. The minimum absolute atomic E-state index is 0.521. The number of hydrogen-bond acceptors (Lipinski definition) is 10. The molecule has 67 heavy (non-hydrogen) atoms. The molecule has 6 heterocycles. The third-order valence-electron chi connectivity index (χ3n) is 11.0. The first kappa shape index (κ1) is 45.7. The van der Waals surface area contributed by atoms with E-state index < -0.39 is 0 Å².